The Balaban J connectivity index is 1.41. The highest BCUT2D eigenvalue weighted by atomic mass is 35.5. The van der Waals surface area contributed by atoms with Crippen molar-refractivity contribution in [3.8, 4) is 28.1 Å². The number of nitrogens with two attached hydrogens (primary N) is 1. The van der Waals surface area contributed by atoms with E-state index in [1.807, 2.05) is 66.2 Å². The van der Waals surface area contributed by atoms with Crippen LogP contribution in [0.4, 0.5) is 4.39 Å². The van der Waals surface area contributed by atoms with Gasteiger partial charge in [-0.15, -0.1) is 0 Å². The van der Waals surface area contributed by atoms with Crippen LogP contribution in [0.2, 0.25) is 5.02 Å². The van der Waals surface area contributed by atoms with Crippen LogP contribution in [0.3, 0.4) is 0 Å². The first-order valence-electron chi connectivity index (χ1n) is 14.1. The lowest BCUT2D eigenvalue weighted by Crippen LogP contribution is -2.61. The Hall–Kier alpha value is -4.18. The van der Waals surface area contributed by atoms with Crippen molar-refractivity contribution in [3.63, 3.8) is 0 Å². The number of hydrogen-bond acceptors (Lipinski definition) is 5. The van der Waals surface area contributed by atoms with Gasteiger partial charge in [-0.3, -0.25) is 14.9 Å². The van der Waals surface area contributed by atoms with E-state index in [-0.39, 0.29) is 31.5 Å². The number of nitrogens with zero attached hydrogens (tertiary/aromatic N) is 2. The first kappa shape index (κ1) is 30.3. The summed E-state index contributed by atoms with van der Waals surface area (Å²) < 4.78 is 21.1. The molecule has 43 heavy (non-hydrogen) atoms. The Morgan fingerprint density at radius 1 is 1.02 bits per heavy atom. The normalized spacial score (nSPS) is 14.5. The summed E-state index contributed by atoms with van der Waals surface area (Å²) in [5.41, 5.74) is 9.28. The van der Waals surface area contributed by atoms with E-state index < -0.39 is 11.4 Å². The topological polar surface area (TPSA) is 110 Å². The summed E-state index contributed by atoms with van der Waals surface area (Å²) in [6, 6.07) is 23.0. The zero-order chi connectivity index (χ0) is 30.6. The number of piperidine rings is 1. The van der Waals surface area contributed by atoms with Gasteiger partial charge in [-0.25, -0.2) is 4.39 Å². The molecular formula is C33H34ClFN4O4. The van der Waals surface area contributed by atoms with Crippen molar-refractivity contribution in [1.29, 1.82) is 0 Å². The number of carbonyl (C=O) groups excluding carboxylic acids is 2. The van der Waals surface area contributed by atoms with E-state index in [2.05, 4.69) is 5.32 Å². The zero-order valence-corrected chi connectivity index (χ0v) is 24.6. The number of carbonyl (C=O) groups is 2. The smallest absolute Gasteiger partial charge is 0.270 e. The van der Waals surface area contributed by atoms with Crippen molar-refractivity contribution >= 4 is 23.4 Å². The number of aliphatic hydroxyl groups excluding tert-OH is 1. The van der Waals surface area contributed by atoms with Crippen LogP contribution in [0.15, 0.2) is 78.9 Å². The highest BCUT2D eigenvalue weighted by Gasteiger charge is 2.41. The molecule has 3 aromatic carbocycles. The van der Waals surface area contributed by atoms with E-state index in [4.69, 9.17) is 27.2 Å². The average Bonchev–Trinajstić information content (AvgIpc) is 3.35. The maximum atomic E-state index is 14.0. The molecule has 1 aromatic heterocycles. The second-order valence-corrected chi connectivity index (χ2v) is 11.1. The summed E-state index contributed by atoms with van der Waals surface area (Å²) in [5.74, 6) is -0.394. The van der Waals surface area contributed by atoms with Crippen LogP contribution < -0.4 is 15.8 Å². The van der Waals surface area contributed by atoms with Gasteiger partial charge >= 0.3 is 0 Å². The highest BCUT2D eigenvalue weighted by molar-refractivity contribution is 6.33. The van der Waals surface area contributed by atoms with Gasteiger partial charge in [-0.1, -0.05) is 41.9 Å². The molecule has 0 aliphatic carbocycles. The number of hydrogen-bond donors (Lipinski definition) is 3. The summed E-state index contributed by atoms with van der Waals surface area (Å²) in [4.78, 5) is 28.3. The zero-order valence-electron chi connectivity index (χ0n) is 23.9. The SMILES string of the molecule is Cn1c(C(=O)N2CCC(NCc3cccc(F)c3)(C(N)=O)CC2)cc(-c2ccccc2Cl)c1-c1ccc(OCCO)cc1. The third-order valence-electron chi connectivity index (χ3n) is 8.00. The fraction of sp³-hybridized carbons (Fsp3) is 0.273. The Morgan fingerprint density at radius 2 is 1.74 bits per heavy atom. The van der Waals surface area contributed by atoms with Crippen LogP contribution in [-0.4, -0.2) is 58.2 Å². The summed E-state index contributed by atoms with van der Waals surface area (Å²) in [6.45, 7) is 1.02. The molecule has 2 heterocycles. The molecule has 8 nitrogen and oxygen atoms in total. The van der Waals surface area contributed by atoms with Gasteiger partial charge in [0, 0.05) is 42.8 Å². The number of benzene rings is 3. The number of halogens is 2. The number of amides is 2. The van der Waals surface area contributed by atoms with Gasteiger partial charge in [0.25, 0.3) is 5.91 Å². The second-order valence-electron chi connectivity index (χ2n) is 10.6. The first-order chi connectivity index (χ1) is 20.7. The standard InChI is InChI=1S/C33H34ClFN4O4/c1-38-29(31(41)39-15-13-33(14-16-39,32(36)42)37-21-22-5-4-6-24(35)19-22)20-27(26-7-2-3-8-28(26)34)30(38)23-9-11-25(12-10-23)43-18-17-40/h2-12,19-20,37,40H,13-18,21H2,1H3,(H2,36,42). The molecule has 0 bridgehead atoms. The minimum atomic E-state index is -1.01. The fourth-order valence-electron chi connectivity index (χ4n) is 5.60. The Kier molecular flexibility index (Phi) is 9.15. The number of primary amides is 1. The lowest BCUT2D eigenvalue weighted by atomic mass is 9.86. The molecule has 10 heteroatoms. The van der Waals surface area contributed by atoms with Gasteiger partial charge in [0.05, 0.1) is 12.3 Å². The van der Waals surface area contributed by atoms with Crippen molar-refractivity contribution in [2.75, 3.05) is 26.3 Å². The third-order valence-corrected chi connectivity index (χ3v) is 8.33. The van der Waals surface area contributed by atoms with E-state index in [0.717, 1.165) is 22.4 Å². The number of likely N-dealkylation sites (tertiary alicyclic amines) is 1. The van der Waals surface area contributed by atoms with Crippen molar-refractivity contribution < 1.29 is 23.8 Å². The predicted octanol–water partition coefficient (Wildman–Crippen LogP) is 4.77. The van der Waals surface area contributed by atoms with E-state index in [0.29, 0.717) is 48.0 Å². The van der Waals surface area contributed by atoms with Gasteiger partial charge in [-0.2, -0.15) is 0 Å². The number of aromatic nitrogens is 1. The van der Waals surface area contributed by atoms with Gasteiger partial charge in [0.1, 0.15) is 29.4 Å². The van der Waals surface area contributed by atoms with Gasteiger partial charge < -0.3 is 25.0 Å². The molecule has 1 fully saturated rings. The molecule has 0 unspecified atom stereocenters. The lowest BCUT2D eigenvalue weighted by molar-refractivity contribution is -0.126. The molecule has 0 atom stereocenters. The Bertz CT molecular complexity index is 1610. The molecule has 4 aromatic rings. The molecule has 1 aliphatic heterocycles. The highest BCUT2D eigenvalue weighted by Crippen LogP contribution is 2.39. The van der Waals surface area contributed by atoms with E-state index in [1.54, 1.807) is 17.0 Å². The Labute approximate surface area is 254 Å². The summed E-state index contributed by atoms with van der Waals surface area (Å²) in [7, 11) is 1.84. The molecule has 224 valence electrons. The summed E-state index contributed by atoms with van der Waals surface area (Å²) >= 11 is 6.61. The molecule has 0 radical (unpaired) electrons. The van der Waals surface area contributed by atoms with Gasteiger partial charge in [0.2, 0.25) is 5.91 Å². The predicted molar refractivity (Wildman–Crippen MR) is 164 cm³/mol. The first-order valence-corrected chi connectivity index (χ1v) is 14.5. The molecule has 5 rings (SSSR count). The maximum Gasteiger partial charge on any atom is 0.270 e. The van der Waals surface area contributed by atoms with E-state index in [9.17, 15) is 14.0 Å². The number of aliphatic hydroxyl groups is 1. The van der Waals surface area contributed by atoms with Crippen molar-refractivity contribution in [2.45, 2.75) is 24.9 Å². The summed E-state index contributed by atoms with van der Waals surface area (Å²) in [6.07, 6.45) is 0.653. The quantitative estimate of drug-likeness (QED) is 0.242. The fourth-order valence-corrected chi connectivity index (χ4v) is 5.83. The van der Waals surface area contributed by atoms with E-state index in [1.165, 1.54) is 12.1 Å². The third kappa shape index (κ3) is 6.44. The average molecular weight is 605 g/mol. The number of ether oxygens (including phenoxy) is 1. The summed E-state index contributed by atoms with van der Waals surface area (Å²) in [5, 5.41) is 12.9. The van der Waals surface area contributed by atoms with E-state index >= 15 is 0 Å². The molecule has 4 N–H and O–H groups in total. The monoisotopic (exact) mass is 604 g/mol. The molecule has 1 aliphatic rings. The minimum Gasteiger partial charge on any atom is -0.491 e. The molecule has 0 saturated carbocycles. The molecule has 2 amide bonds. The largest absolute Gasteiger partial charge is 0.491 e. The number of rotatable bonds is 10. The van der Waals surface area contributed by atoms with Crippen LogP contribution in [0.1, 0.15) is 28.9 Å². The van der Waals surface area contributed by atoms with Gasteiger partial charge in [-0.05, 0) is 72.5 Å². The van der Waals surface area contributed by atoms with Crippen LogP contribution in [0.25, 0.3) is 22.4 Å². The van der Waals surface area contributed by atoms with Crippen molar-refractivity contribution in [2.24, 2.45) is 12.8 Å². The van der Waals surface area contributed by atoms with Crippen molar-refractivity contribution in [1.82, 2.24) is 14.8 Å². The molecule has 0 spiro atoms. The van der Waals surface area contributed by atoms with Crippen LogP contribution >= 0.6 is 11.6 Å². The second kappa shape index (κ2) is 13.0. The van der Waals surface area contributed by atoms with Crippen LogP contribution in [0, 0.1) is 5.82 Å². The maximum absolute atomic E-state index is 14.0. The van der Waals surface area contributed by atoms with Gasteiger partial charge in [0.15, 0.2) is 0 Å². The lowest BCUT2D eigenvalue weighted by Gasteiger charge is -2.40. The minimum absolute atomic E-state index is 0.0815. The van der Waals surface area contributed by atoms with Crippen LogP contribution in [-0.2, 0) is 18.4 Å². The number of nitrogens with one attached hydrogen (secondary N) is 1. The molecular weight excluding hydrogens is 571 g/mol. The van der Waals surface area contributed by atoms with Crippen molar-refractivity contribution in [3.05, 3.63) is 101 Å². The molecule has 1 saturated heterocycles. The van der Waals surface area contributed by atoms with Crippen LogP contribution in [0.5, 0.6) is 5.75 Å². The Morgan fingerprint density at radius 3 is 2.40 bits per heavy atom.